The highest BCUT2D eigenvalue weighted by Gasteiger charge is 2.46. The molecule has 108 valence electrons. The normalized spacial score (nSPS) is 24.3. The number of carbonyl (C=O) groups excluding carboxylic acids is 1. The van der Waals surface area contributed by atoms with E-state index in [0.717, 1.165) is 5.57 Å². The molecule has 0 fully saturated rings. The molecule has 0 saturated carbocycles. The molecule has 0 N–H and O–H groups in total. The SMILES string of the molecule is CC1=C(C)CC(COC(=O)C(C)(C)C)([N+](=O)[O-])CC1. The van der Waals surface area contributed by atoms with Gasteiger partial charge >= 0.3 is 5.97 Å². The van der Waals surface area contributed by atoms with Gasteiger partial charge in [-0.1, -0.05) is 11.1 Å². The third kappa shape index (κ3) is 3.55. The predicted molar refractivity (Wildman–Crippen MR) is 72.4 cm³/mol. The van der Waals surface area contributed by atoms with Crippen LogP contribution in [0.2, 0.25) is 0 Å². The second-order valence-electron chi connectivity index (χ2n) is 6.55. The minimum Gasteiger partial charge on any atom is -0.458 e. The number of ether oxygens (including phenoxy) is 1. The van der Waals surface area contributed by atoms with Crippen LogP contribution >= 0.6 is 0 Å². The van der Waals surface area contributed by atoms with Crippen LogP contribution in [0.4, 0.5) is 0 Å². The summed E-state index contributed by atoms with van der Waals surface area (Å²) >= 11 is 0. The van der Waals surface area contributed by atoms with E-state index in [1.54, 1.807) is 20.8 Å². The van der Waals surface area contributed by atoms with Crippen molar-refractivity contribution in [1.82, 2.24) is 0 Å². The van der Waals surface area contributed by atoms with Crippen LogP contribution in [-0.4, -0.2) is 23.0 Å². The van der Waals surface area contributed by atoms with Gasteiger partial charge in [-0.15, -0.1) is 0 Å². The van der Waals surface area contributed by atoms with Crippen LogP contribution < -0.4 is 0 Å². The first kappa shape index (κ1) is 15.7. The fourth-order valence-electron chi connectivity index (χ4n) is 2.11. The Morgan fingerprint density at radius 2 is 1.95 bits per heavy atom. The first-order chi connectivity index (χ1) is 8.58. The number of hydrogen-bond acceptors (Lipinski definition) is 4. The largest absolute Gasteiger partial charge is 0.458 e. The van der Waals surface area contributed by atoms with Gasteiger partial charge in [0.25, 0.3) is 5.54 Å². The molecule has 0 heterocycles. The topological polar surface area (TPSA) is 69.4 Å². The Labute approximate surface area is 114 Å². The maximum atomic E-state index is 11.8. The van der Waals surface area contributed by atoms with Crippen LogP contribution in [0.3, 0.4) is 0 Å². The number of esters is 1. The average Bonchev–Trinajstić information content (AvgIpc) is 2.29. The van der Waals surface area contributed by atoms with E-state index < -0.39 is 16.9 Å². The highest BCUT2D eigenvalue weighted by molar-refractivity contribution is 5.75. The summed E-state index contributed by atoms with van der Waals surface area (Å²) in [5.41, 5.74) is 0.465. The van der Waals surface area contributed by atoms with Gasteiger partial charge in [-0.2, -0.15) is 0 Å². The van der Waals surface area contributed by atoms with Gasteiger partial charge in [-0.3, -0.25) is 14.9 Å². The lowest BCUT2D eigenvalue weighted by Crippen LogP contribution is -2.46. The Balaban J connectivity index is 2.81. The third-order valence-corrected chi connectivity index (χ3v) is 3.76. The molecular weight excluding hydrogens is 246 g/mol. The van der Waals surface area contributed by atoms with Gasteiger partial charge in [0.05, 0.1) is 5.41 Å². The summed E-state index contributed by atoms with van der Waals surface area (Å²) in [6, 6.07) is 0. The van der Waals surface area contributed by atoms with E-state index in [9.17, 15) is 14.9 Å². The van der Waals surface area contributed by atoms with Crippen molar-refractivity contribution in [1.29, 1.82) is 0 Å². The predicted octanol–water partition coefficient (Wildman–Crippen LogP) is 3.11. The van der Waals surface area contributed by atoms with Crippen LogP contribution in [0.15, 0.2) is 11.1 Å². The van der Waals surface area contributed by atoms with Gasteiger partial charge < -0.3 is 4.74 Å². The van der Waals surface area contributed by atoms with E-state index in [4.69, 9.17) is 4.74 Å². The van der Waals surface area contributed by atoms with Gasteiger partial charge in [0.15, 0.2) is 6.61 Å². The fraction of sp³-hybridized carbons (Fsp3) is 0.786. The molecule has 0 amide bonds. The molecule has 1 atom stereocenters. The van der Waals surface area contributed by atoms with Crippen molar-refractivity contribution in [3.63, 3.8) is 0 Å². The summed E-state index contributed by atoms with van der Waals surface area (Å²) in [4.78, 5) is 22.9. The minimum atomic E-state index is -1.15. The number of hydrogen-bond donors (Lipinski definition) is 0. The molecule has 0 bridgehead atoms. The second-order valence-corrected chi connectivity index (χ2v) is 6.55. The molecular formula is C14H23NO4. The number of carbonyl (C=O) groups is 1. The molecule has 1 aliphatic rings. The summed E-state index contributed by atoms with van der Waals surface area (Å²) in [7, 11) is 0. The number of nitro groups is 1. The van der Waals surface area contributed by atoms with E-state index >= 15 is 0 Å². The average molecular weight is 269 g/mol. The van der Waals surface area contributed by atoms with Crippen molar-refractivity contribution < 1.29 is 14.5 Å². The Morgan fingerprint density at radius 3 is 2.37 bits per heavy atom. The van der Waals surface area contributed by atoms with Crippen LogP contribution in [0.1, 0.15) is 53.9 Å². The van der Waals surface area contributed by atoms with Gasteiger partial charge in [0.1, 0.15) is 0 Å². The molecule has 1 aliphatic carbocycles. The summed E-state index contributed by atoms with van der Waals surface area (Å²) in [6.07, 6.45) is 1.49. The van der Waals surface area contributed by atoms with E-state index in [2.05, 4.69) is 0 Å². The van der Waals surface area contributed by atoms with Gasteiger partial charge in [0.2, 0.25) is 0 Å². The fourth-order valence-corrected chi connectivity index (χ4v) is 2.11. The molecule has 1 unspecified atom stereocenters. The van der Waals surface area contributed by atoms with Crippen molar-refractivity contribution in [2.45, 2.75) is 59.4 Å². The molecule has 0 aromatic rings. The second kappa shape index (κ2) is 5.31. The summed E-state index contributed by atoms with van der Waals surface area (Å²) < 4.78 is 5.19. The standard InChI is InChI=1S/C14H23NO4/c1-10-6-7-14(15(17)18,8-11(10)2)9-19-12(16)13(3,4)5/h6-9H2,1-5H3. The Bertz CT molecular complexity index is 420. The van der Waals surface area contributed by atoms with Crippen LogP contribution in [-0.2, 0) is 9.53 Å². The Hall–Kier alpha value is -1.39. The molecule has 5 heteroatoms. The molecule has 0 spiro atoms. The first-order valence-corrected chi connectivity index (χ1v) is 6.55. The van der Waals surface area contributed by atoms with E-state index in [-0.39, 0.29) is 11.5 Å². The molecule has 19 heavy (non-hydrogen) atoms. The van der Waals surface area contributed by atoms with Crippen LogP contribution in [0.25, 0.3) is 0 Å². The maximum absolute atomic E-state index is 11.8. The van der Waals surface area contributed by atoms with E-state index in [0.29, 0.717) is 19.3 Å². The van der Waals surface area contributed by atoms with E-state index in [1.165, 1.54) is 5.57 Å². The quantitative estimate of drug-likeness (QED) is 0.341. The lowest BCUT2D eigenvalue weighted by Gasteiger charge is -2.31. The van der Waals surface area contributed by atoms with Gasteiger partial charge in [-0.25, -0.2) is 0 Å². The number of allylic oxidation sites excluding steroid dienone is 1. The number of rotatable bonds is 3. The molecule has 0 aliphatic heterocycles. The molecule has 0 aromatic heterocycles. The van der Waals surface area contributed by atoms with Crippen molar-refractivity contribution in [2.24, 2.45) is 5.41 Å². The lowest BCUT2D eigenvalue weighted by molar-refractivity contribution is -0.575. The lowest BCUT2D eigenvalue weighted by atomic mass is 9.79. The van der Waals surface area contributed by atoms with Crippen molar-refractivity contribution in [2.75, 3.05) is 6.61 Å². The maximum Gasteiger partial charge on any atom is 0.311 e. The zero-order valence-electron chi connectivity index (χ0n) is 12.4. The number of nitrogens with zero attached hydrogens (tertiary/aromatic N) is 1. The van der Waals surface area contributed by atoms with Gasteiger partial charge in [0, 0.05) is 17.8 Å². The van der Waals surface area contributed by atoms with Crippen molar-refractivity contribution in [3.05, 3.63) is 21.3 Å². The van der Waals surface area contributed by atoms with Crippen LogP contribution in [0, 0.1) is 15.5 Å². The Morgan fingerprint density at radius 1 is 1.37 bits per heavy atom. The highest BCUT2D eigenvalue weighted by Crippen LogP contribution is 2.35. The van der Waals surface area contributed by atoms with Crippen molar-refractivity contribution in [3.8, 4) is 0 Å². The highest BCUT2D eigenvalue weighted by atomic mass is 16.6. The molecule has 1 rings (SSSR count). The zero-order chi connectivity index (χ0) is 14.8. The smallest absolute Gasteiger partial charge is 0.311 e. The summed E-state index contributed by atoms with van der Waals surface area (Å²) in [6.45, 7) is 9.00. The monoisotopic (exact) mass is 269 g/mol. The molecule has 0 saturated heterocycles. The molecule has 5 nitrogen and oxygen atoms in total. The molecule has 0 aromatic carbocycles. The van der Waals surface area contributed by atoms with Crippen LogP contribution in [0.5, 0.6) is 0 Å². The summed E-state index contributed by atoms with van der Waals surface area (Å²) in [5, 5.41) is 11.4. The zero-order valence-corrected chi connectivity index (χ0v) is 12.4. The third-order valence-electron chi connectivity index (χ3n) is 3.76. The van der Waals surface area contributed by atoms with Gasteiger partial charge in [-0.05, 0) is 41.0 Å². The Kier molecular flexibility index (Phi) is 4.38. The first-order valence-electron chi connectivity index (χ1n) is 6.55. The van der Waals surface area contributed by atoms with E-state index in [1.807, 2.05) is 13.8 Å². The summed E-state index contributed by atoms with van der Waals surface area (Å²) in [5.74, 6) is -0.391. The van der Waals surface area contributed by atoms with Crippen molar-refractivity contribution >= 4 is 5.97 Å². The minimum absolute atomic E-state index is 0.138. The molecule has 0 radical (unpaired) electrons.